The number of fused-ring (bicyclic) bond motifs is 16. The Morgan fingerprint density at radius 2 is 0.677 bits per heavy atom. The second-order valence-electron chi connectivity index (χ2n) is 17.3. The summed E-state index contributed by atoms with van der Waals surface area (Å²) in [6.45, 7) is 0. The first-order chi connectivity index (χ1) is 32.2. The number of rotatable bonds is 4. The topological polar surface area (TPSA) is 41.1 Å². The molecule has 5 heterocycles. The third-order valence-electron chi connectivity index (χ3n) is 13.8. The largest absolute Gasteiger partial charge is 0.456 e. The number of furan rings is 2. The van der Waals surface area contributed by atoms with E-state index in [1.54, 1.807) is 0 Å². The minimum atomic E-state index is 0.869. The molecule has 0 saturated heterocycles. The molecule has 0 aliphatic rings. The molecule has 0 bridgehead atoms. The van der Waals surface area contributed by atoms with Crippen molar-refractivity contribution in [1.29, 1.82) is 0 Å². The quantitative estimate of drug-likeness (QED) is 0.177. The molecule has 302 valence electrons. The first kappa shape index (κ1) is 34.7. The molecular weight excluding hydrogens is 795 g/mol. The Morgan fingerprint density at radius 3 is 1.34 bits per heavy atom. The molecular formula is C60H35N3O2. The molecule has 0 aliphatic heterocycles. The maximum absolute atomic E-state index is 6.89. The Kier molecular flexibility index (Phi) is 6.89. The summed E-state index contributed by atoms with van der Waals surface area (Å²) in [7, 11) is 0. The molecule has 5 nitrogen and oxygen atoms in total. The van der Waals surface area contributed by atoms with E-state index in [0.29, 0.717) is 0 Å². The molecule has 5 heteroatoms. The Hall–Kier alpha value is -8.80. The van der Waals surface area contributed by atoms with Gasteiger partial charge in [-0.3, -0.25) is 0 Å². The van der Waals surface area contributed by atoms with Gasteiger partial charge in [0.2, 0.25) is 0 Å². The zero-order valence-electron chi connectivity index (χ0n) is 34.9. The van der Waals surface area contributed by atoms with Crippen LogP contribution in [0.3, 0.4) is 0 Å². The van der Waals surface area contributed by atoms with Crippen molar-refractivity contribution >= 4 is 109 Å². The van der Waals surface area contributed by atoms with E-state index in [2.05, 4.69) is 226 Å². The fourth-order valence-corrected chi connectivity index (χ4v) is 11.0. The van der Waals surface area contributed by atoms with Gasteiger partial charge in [0.1, 0.15) is 22.3 Å². The third-order valence-corrected chi connectivity index (χ3v) is 13.8. The minimum Gasteiger partial charge on any atom is -0.456 e. The summed E-state index contributed by atoms with van der Waals surface area (Å²) in [6.07, 6.45) is 0. The smallest absolute Gasteiger partial charge is 0.145 e. The molecule has 10 aromatic carbocycles. The Labute approximate surface area is 370 Å². The highest BCUT2D eigenvalue weighted by atomic mass is 16.3. The monoisotopic (exact) mass is 829 g/mol. The van der Waals surface area contributed by atoms with Crippen LogP contribution in [0.5, 0.6) is 0 Å². The van der Waals surface area contributed by atoms with Crippen molar-refractivity contribution in [3.63, 3.8) is 0 Å². The number of hydrogen-bond donors (Lipinski definition) is 0. The lowest BCUT2D eigenvalue weighted by Crippen LogP contribution is -1.95. The summed E-state index contributed by atoms with van der Waals surface area (Å²) in [5, 5.41) is 11.6. The normalized spacial score (nSPS) is 12.3. The molecule has 0 spiro atoms. The van der Waals surface area contributed by atoms with Gasteiger partial charge in [-0.05, 0) is 120 Å². The fraction of sp³-hybridized carbons (Fsp3) is 0. The molecule has 0 amide bonds. The average molecular weight is 830 g/mol. The van der Waals surface area contributed by atoms with Crippen LogP contribution in [0.1, 0.15) is 0 Å². The van der Waals surface area contributed by atoms with Crippen LogP contribution in [-0.2, 0) is 0 Å². The predicted molar refractivity (Wildman–Crippen MR) is 269 cm³/mol. The van der Waals surface area contributed by atoms with Crippen LogP contribution < -0.4 is 0 Å². The Morgan fingerprint density at radius 1 is 0.246 bits per heavy atom. The summed E-state index contributed by atoms with van der Waals surface area (Å²) in [5.74, 6) is 0. The van der Waals surface area contributed by atoms with Gasteiger partial charge in [0.15, 0.2) is 0 Å². The number of hydrogen-bond acceptors (Lipinski definition) is 2. The molecule has 0 atom stereocenters. The highest BCUT2D eigenvalue weighted by molar-refractivity contribution is 6.24. The first-order valence-corrected chi connectivity index (χ1v) is 22.2. The van der Waals surface area contributed by atoms with Crippen molar-refractivity contribution in [3.05, 3.63) is 212 Å². The number of para-hydroxylation sites is 5. The van der Waals surface area contributed by atoms with E-state index in [-0.39, 0.29) is 0 Å². The molecule has 15 rings (SSSR count). The van der Waals surface area contributed by atoms with E-state index in [4.69, 9.17) is 8.83 Å². The van der Waals surface area contributed by atoms with Gasteiger partial charge in [0.25, 0.3) is 0 Å². The predicted octanol–water partition coefficient (Wildman–Crippen LogP) is 16.4. The fourth-order valence-electron chi connectivity index (χ4n) is 11.0. The van der Waals surface area contributed by atoms with Crippen LogP contribution >= 0.6 is 0 Å². The maximum Gasteiger partial charge on any atom is 0.145 e. The van der Waals surface area contributed by atoms with Gasteiger partial charge in [0, 0.05) is 65.5 Å². The lowest BCUT2D eigenvalue weighted by Gasteiger charge is -2.10. The average Bonchev–Trinajstić information content (AvgIpc) is 4.17. The van der Waals surface area contributed by atoms with Crippen molar-refractivity contribution in [1.82, 2.24) is 13.7 Å². The third kappa shape index (κ3) is 4.81. The van der Waals surface area contributed by atoms with Crippen LogP contribution in [-0.4, -0.2) is 13.7 Å². The van der Waals surface area contributed by atoms with Crippen molar-refractivity contribution in [2.24, 2.45) is 0 Å². The lowest BCUT2D eigenvalue weighted by atomic mass is 10.00. The molecule has 0 fully saturated rings. The summed E-state index contributed by atoms with van der Waals surface area (Å²) < 4.78 is 20.5. The van der Waals surface area contributed by atoms with Gasteiger partial charge in [-0.2, -0.15) is 0 Å². The molecule has 15 aromatic rings. The lowest BCUT2D eigenvalue weighted by molar-refractivity contribution is 0.669. The van der Waals surface area contributed by atoms with Gasteiger partial charge in [-0.15, -0.1) is 0 Å². The Bertz CT molecular complexity index is 4430. The molecule has 0 N–H and O–H groups in total. The van der Waals surface area contributed by atoms with Crippen molar-refractivity contribution in [2.75, 3.05) is 0 Å². The highest BCUT2D eigenvalue weighted by Gasteiger charge is 2.21. The summed E-state index contributed by atoms with van der Waals surface area (Å²) in [6, 6.07) is 76.4. The number of benzene rings is 10. The van der Waals surface area contributed by atoms with E-state index < -0.39 is 0 Å². The first-order valence-electron chi connectivity index (χ1n) is 22.2. The van der Waals surface area contributed by atoms with Gasteiger partial charge >= 0.3 is 0 Å². The van der Waals surface area contributed by atoms with E-state index >= 15 is 0 Å². The minimum absolute atomic E-state index is 0.869. The van der Waals surface area contributed by atoms with Crippen molar-refractivity contribution < 1.29 is 8.83 Å². The molecule has 0 aliphatic carbocycles. The SMILES string of the molecule is c1ccc(-n2c3ccccc3c3cc(-n4c5ccccc5c5c6oc7ccc(-c8ccc9oc%10ccc(-n%11c%12ccccc%12c%12ccccc%12%11)cc%10c9c8)cc7c6ccc54)ccc32)cc1. The second kappa shape index (κ2) is 12.9. The standard InChI is InChI=1S/C60H35N3O2/c1-2-12-38(13-3-1)61-52-20-10-6-16-43(52)46-34-39(24-27-54(46)61)63-53-21-11-7-17-45(53)59-55(63)28-26-44-47-32-36(23-30-58(47)65-60(44)59)37-22-29-56-48(33-37)49-35-40(25-31-57(49)64-56)62-50-18-8-4-14-41(50)42-15-5-9-19-51(42)62/h1-35H. The van der Waals surface area contributed by atoms with E-state index in [1.165, 1.54) is 43.6 Å². The zero-order chi connectivity index (χ0) is 42.3. The zero-order valence-corrected chi connectivity index (χ0v) is 34.9. The van der Waals surface area contributed by atoms with Gasteiger partial charge in [0.05, 0.1) is 38.5 Å². The number of nitrogens with zero attached hydrogens (tertiary/aromatic N) is 3. The van der Waals surface area contributed by atoms with Crippen LogP contribution in [0, 0.1) is 0 Å². The molecule has 0 saturated carbocycles. The summed E-state index contributed by atoms with van der Waals surface area (Å²) >= 11 is 0. The van der Waals surface area contributed by atoms with Crippen LogP contribution in [0.25, 0.3) is 137 Å². The van der Waals surface area contributed by atoms with Gasteiger partial charge in [-0.25, -0.2) is 0 Å². The van der Waals surface area contributed by atoms with Crippen LogP contribution in [0.15, 0.2) is 221 Å². The van der Waals surface area contributed by atoms with E-state index in [0.717, 1.165) is 93.9 Å². The van der Waals surface area contributed by atoms with Crippen LogP contribution in [0.2, 0.25) is 0 Å². The van der Waals surface area contributed by atoms with Crippen LogP contribution in [0.4, 0.5) is 0 Å². The van der Waals surface area contributed by atoms with E-state index in [1.807, 2.05) is 0 Å². The number of aromatic nitrogens is 3. The van der Waals surface area contributed by atoms with Crippen molar-refractivity contribution in [2.45, 2.75) is 0 Å². The maximum atomic E-state index is 6.89. The molecule has 0 radical (unpaired) electrons. The Balaban J connectivity index is 0.879. The van der Waals surface area contributed by atoms with Gasteiger partial charge in [-0.1, -0.05) is 103 Å². The molecule has 0 unspecified atom stereocenters. The molecule has 5 aromatic heterocycles. The van der Waals surface area contributed by atoms with Crippen molar-refractivity contribution in [3.8, 4) is 28.2 Å². The summed E-state index contributed by atoms with van der Waals surface area (Å²) in [5.41, 5.74) is 16.2. The van der Waals surface area contributed by atoms with E-state index in [9.17, 15) is 0 Å². The summed E-state index contributed by atoms with van der Waals surface area (Å²) in [4.78, 5) is 0. The molecule has 65 heavy (non-hydrogen) atoms. The van der Waals surface area contributed by atoms with Gasteiger partial charge < -0.3 is 22.5 Å². The highest BCUT2D eigenvalue weighted by Crippen LogP contribution is 2.44. The second-order valence-corrected chi connectivity index (χ2v) is 17.3.